The third kappa shape index (κ3) is 2.12. The van der Waals surface area contributed by atoms with Crippen LogP contribution in [0.2, 0.25) is 0 Å². The van der Waals surface area contributed by atoms with Crippen molar-refractivity contribution in [2.45, 2.75) is 31.7 Å². The van der Waals surface area contributed by atoms with E-state index in [0.717, 1.165) is 17.9 Å². The summed E-state index contributed by atoms with van der Waals surface area (Å²) in [7, 11) is 6.64. The molecule has 0 aromatic carbocycles. The number of rotatable bonds is 4. The lowest BCUT2D eigenvalue weighted by atomic mass is 9.94. The molecule has 0 N–H and O–H groups in total. The van der Waals surface area contributed by atoms with Crippen LogP contribution < -0.4 is 0 Å². The maximum absolute atomic E-state index is 2.60. The van der Waals surface area contributed by atoms with Crippen molar-refractivity contribution in [1.82, 2.24) is 9.80 Å². The zero-order chi connectivity index (χ0) is 10.1. The quantitative estimate of drug-likeness (QED) is 0.675. The molecule has 2 heteroatoms. The zero-order valence-corrected chi connectivity index (χ0v) is 9.87. The molecule has 0 aromatic rings. The van der Waals surface area contributed by atoms with Gasteiger partial charge in [0.2, 0.25) is 0 Å². The van der Waals surface area contributed by atoms with Crippen molar-refractivity contribution in [2.75, 3.05) is 34.2 Å². The summed E-state index contributed by atoms with van der Waals surface area (Å²) in [6.07, 6.45) is 6.02. The average Bonchev–Trinajstić information content (AvgIpc) is 2.74. The van der Waals surface area contributed by atoms with Crippen LogP contribution in [0.15, 0.2) is 0 Å². The second-order valence-electron chi connectivity index (χ2n) is 5.53. The van der Waals surface area contributed by atoms with Gasteiger partial charge < -0.3 is 9.80 Å². The summed E-state index contributed by atoms with van der Waals surface area (Å²) in [6, 6.07) is 0.911. The van der Waals surface area contributed by atoms with Crippen molar-refractivity contribution in [3.63, 3.8) is 0 Å². The highest BCUT2D eigenvalue weighted by molar-refractivity contribution is 4.94. The third-order valence-electron chi connectivity index (χ3n) is 4.17. The van der Waals surface area contributed by atoms with Gasteiger partial charge in [-0.3, -0.25) is 0 Å². The van der Waals surface area contributed by atoms with Crippen molar-refractivity contribution in [2.24, 2.45) is 11.8 Å². The molecular formula is C12H24N2. The van der Waals surface area contributed by atoms with Crippen molar-refractivity contribution in [3.8, 4) is 0 Å². The van der Waals surface area contributed by atoms with Crippen molar-refractivity contribution < 1.29 is 0 Å². The first-order valence-corrected chi connectivity index (χ1v) is 6.02. The molecule has 14 heavy (non-hydrogen) atoms. The van der Waals surface area contributed by atoms with Crippen LogP contribution in [0.4, 0.5) is 0 Å². The van der Waals surface area contributed by atoms with Gasteiger partial charge in [0.25, 0.3) is 0 Å². The molecule has 0 aromatic heterocycles. The first kappa shape index (κ1) is 10.4. The van der Waals surface area contributed by atoms with E-state index in [9.17, 15) is 0 Å². The molecular weight excluding hydrogens is 172 g/mol. The molecule has 0 heterocycles. The van der Waals surface area contributed by atoms with Gasteiger partial charge in [-0.2, -0.15) is 0 Å². The molecule has 2 nitrogen and oxygen atoms in total. The lowest BCUT2D eigenvalue weighted by Gasteiger charge is -2.32. The SMILES string of the molecule is CN(C)CCN(C)[C@H]1C[C@@H]2CC[C@H]1C2. The molecule has 0 radical (unpaired) electrons. The minimum absolute atomic E-state index is 0.911. The van der Waals surface area contributed by atoms with E-state index < -0.39 is 0 Å². The Morgan fingerprint density at radius 2 is 1.79 bits per heavy atom. The van der Waals surface area contributed by atoms with Crippen LogP contribution in [0.3, 0.4) is 0 Å². The highest BCUT2D eigenvalue weighted by atomic mass is 15.2. The van der Waals surface area contributed by atoms with Crippen LogP contribution in [-0.2, 0) is 0 Å². The minimum Gasteiger partial charge on any atom is -0.308 e. The van der Waals surface area contributed by atoms with Gasteiger partial charge in [0.15, 0.2) is 0 Å². The molecule has 0 unspecified atom stereocenters. The maximum Gasteiger partial charge on any atom is 0.0124 e. The predicted octanol–water partition coefficient (Wildman–Crippen LogP) is 1.67. The summed E-state index contributed by atoms with van der Waals surface area (Å²) >= 11 is 0. The predicted molar refractivity (Wildman–Crippen MR) is 60.4 cm³/mol. The molecule has 3 atom stereocenters. The van der Waals surface area contributed by atoms with E-state index >= 15 is 0 Å². The molecule has 2 aliphatic carbocycles. The van der Waals surface area contributed by atoms with Crippen LogP contribution in [0, 0.1) is 11.8 Å². The Hall–Kier alpha value is -0.0800. The molecule has 2 fully saturated rings. The Balaban J connectivity index is 1.78. The van der Waals surface area contributed by atoms with Gasteiger partial charge in [0.05, 0.1) is 0 Å². The molecule has 0 amide bonds. The lowest BCUT2D eigenvalue weighted by molar-refractivity contribution is 0.163. The number of hydrogen-bond donors (Lipinski definition) is 0. The topological polar surface area (TPSA) is 6.48 Å². The molecule has 2 saturated carbocycles. The van der Waals surface area contributed by atoms with Crippen molar-refractivity contribution in [3.05, 3.63) is 0 Å². The summed E-state index contributed by atoms with van der Waals surface area (Å²) in [5.74, 6) is 2.11. The highest BCUT2D eigenvalue weighted by Gasteiger charge is 2.40. The van der Waals surface area contributed by atoms with Crippen molar-refractivity contribution >= 4 is 0 Å². The second kappa shape index (κ2) is 4.19. The fourth-order valence-corrected chi connectivity index (χ4v) is 3.27. The molecule has 82 valence electrons. The number of nitrogens with zero attached hydrogens (tertiary/aromatic N) is 2. The summed E-state index contributed by atoms with van der Waals surface area (Å²) in [4.78, 5) is 4.88. The molecule has 0 saturated heterocycles. The lowest BCUT2D eigenvalue weighted by Crippen LogP contribution is -2.39. The van der Waals surface area contributed by atoms with Gasteiger partial charge in [-0.1, -0.05) is 6.42 Å². The van der Waals surface area contributed by atoms with E-state index in [0.29, 0.717) is 0 Å². The molecule has 0 aliphatic heterocycles. The molecule has 2 rings (SSSR count). The Morgan fingerprint density at radius 1 is 1.00 bits per heavy atom. The van der Waals surface area contributed by atoms with Gasteiger partial charge in [-0.25, -0.2) is 0 Å². The summed E-state index contributed by atoms with van der Waals surface area (Å²) in [5.41, 5.74) is 0. The largest absolute Gasteiger partial charge is 0.308 e. The first-order chi connectivity index (χ1) is 6.66. The van der Waals surface area contributed by atoms with E-state index in [1.165, 1.54) is 38.8 Å². The summed E-state index contributed by atoms with van der Waals surface area (Å²) in [5, 5.41) is 0. The standard InChI is InChI=1S/C12H24N2/c1-13(2)6-7-14(3)12-9-10-4-5-11(12)8-10/h10-12H,4-9H2,1-3H3/t10-,11+,12+/m1/s1. The number of likely N-dealkylation sites (N-methyl/N-ethyl adjacent to an activating group) is 2. The van der Waals surface area contributed by atoms with Gasteiger partial charge in [-0.05, 0) is 52.2 Å². The number of fused-ring (bicyclic) bond motifs is 2. The van der Waals surface area contributed by atoms with E-state index in [-0.39, 0.29) is 0 Å². The molecule has 0 spiro atoms. The summed E-state index contributed by atoms with van der Waals surface area (Å²) in [6.45, 7) is 2.44. The first-order valence-electron chi connectivity index (χ1n) is 6.02. The van der Waals surface area contributed by atoms with Crippen molar-refractivity contribution in [1.29, 1.82) is 0 Å². The second-order valence-corrected chi connectivity index (χ2v) is 5.53. The van der Waals surface area contributed by atoms with Crippen LogP contribution in [0.5, 0.6) is 0 Å². The highest BCUT2D eigenvalue weighted by Crippen LogP contribution is 2.46. The van der Waals surface area contributed by atoms with Gasteiger partial charge >= 0.3 is 0 Å². The Kier molecular flexibility index (Phi) is 3.13. The van der Waals surface area contributed by atoms with Crippen LogP contribution in [0.1, 0.15) is 25.7 Å². The van der Waals surface area contributed by atoms with E-state index in [4.69, 9.17) is 0 Å². The van der Waals surface area contributed by atoms with Crippen LogP contribution in [0.25, 0.3) is 0 Å². The fourth-order valence-electron chi connectivity index (χ4n) is 3.27. The molecule has 2 bridgehead atoms. The van der Waals surface area contributed by atoms with E-state index in [1.807, 2.05) is 0 Å². The van der Waals surface area contributed by atoms with Gasteiger partial charge in [0, 0.05) is 19.1 Å². The molecule has 2 aliphatic rings. The van der Waals surface area contributed by atoms with Gasteiger partial charge in [0.1, 0.15) is 0 Å². The monoisotopic (exact) mass is 196 g/mol. The zero-order valence-electron chi connectivity index (χ0n) is 9.87. The smallest absolute Gasteiger partial charge is 0.0124 e. The number of hydrogen-bond acceptors (Lipinski definition) is 2. The van der Waals surface area contributed by atoms with Gasteiger partial charge in [-0.15, -0.1) is 0 Å². The Morgan fingerprint density at radius 3 is 2.29 bits per heavy atom. The third-order valence-corrected chi connectivity index (χ3v) is 4.17. The average molecular weight is 196 g/mol. The maximum atomic E-state index is 2.60. The fraction of sp³-hybridized carbons (Fsp3) is 1.00. The normalized spacial score (nSPS) is 36.2. The Bertz CT molecular complexity index is 191. The summed E-state index contributed by atoms with van der Waals surface area (Å²) < 4.78 is 0. The van der Waals surface area contributed by atoms with Crippen LogP contribution >= 0.6 is 0 Å². The van der Waals surface area contributed by atoms with E-state index in [2.05, 4.69) is 30.9 Å². The van der Waals surface area contributed by atoms with Crippen LogP contribution in [-0.4, -0.2) is 50.1 Å². The minimum atomic E-state index is 0.911. The van der Waals surface area contributed by atoms with E-state index in [1.54, 1.807) is 0 Å². The Labute approximate surface area is 88.3 Å².